The van der Waals surface area contributed by atoms with Crippen LogP contribution in [0, 0.1) is 0 Å². The van der Waals surface area contributed by atoms with Gasteiger partial charge in [0.15, 0.2) is 0 Å². The largest absolute Gasteiger partial charge is 0.393 e. The second-order valence-corrected chi connectivity index (χ2v) is 3.47. The van der Waals surface area contributed by atoms with Gasteiger partial charge in [-0.2, -0.15) is 0 Å². The van der Waals surface area contributed by atoms with Gasteiger partial charge in [0.2, 0.25) is 0 Å². The Balaban J connectivity index is 3.47. The molecule has 0 bridgehead atoms. The first-order chi connectivity index (χ1) is 5.70. The van der Waals surface area contributed by atoms with Crippen molar-refractivity contribution in [3.05, 3.63) is 0 Å². The fraction of sp³-hybridized carbons (Fsp3) is 0.750. The third-order valence-electron chi connectivity index (χ3n) is 1.20. The summed E-state index contributed by atoms with van der Waals surface area (Å²) in [5.41, 5.74) is 0. The Morgan fingerprint density at radius 2 is 1.83 bits per heavy atom. The number of esters is 2. The van der Waals surface area contributed by atoms with Crippen LogP contribution in [0.4, 0.5) is 0 Å². The molecule has 0 aromatic carbocycles. The number of rotatable bonds is 5. The van der Waals surface area contributed by atoms with Gasteiger partial charge in [0.05, 0.1) is 0 Å². The van der Waals surface area contributed by atoms with Gasteiger partial charge in [-0.25, -0.2) is 0 Å². The number of carbonyl (C=O) groups is 2. The first kappa shape index (κ1) is 11.9. The fourth-order valence-corrected chi connectivity index (χ4v) is 1.03. The number of alkyl halides is 1. The van der Waals surface area contributed by atoms with Gasteiger partial charge < -0.3 is 4.74 Å². The van der Waals surface area contributed by atoms with Gasteiger partial charge in [0.25, 0.3) is 0 Å². The van der Waals surface area contributed by atoms with Crippen LogP contribution in [0.5, 0.6) is 0 Å². The summed E-state index contributed by atoms with van der Waals surface area (Å²) < 4.78 is 5.42. The lowest BCUT2D eigenvalue weighted by molar-refractivity contribution is -0.159. The molecule has 0 spiro atoms. The Bertz CT molecular complexity index is 156. The second-order valence-electron chi connectivity index (χ2n) is 2.39. The molecule has 0 aliphatic rings. The van der Waals surface area contributed by atoms with E-state index in [2.05, 4.69) is 27.3 Å². The topological polar surface area (TPSA) is 43.4 Å². The maximum absolute atomic E-state index is 10.8. The van der Waals surface area contributed by atoms with Gasteiger partial charge in [-0.3, -0.25) is 9.59 Å². The van der Waals surface area contributed by atoms with Gasteiger partial charge in [0, 0.05) is 17.3 Å². The SMILES string of the molecule is CCCC(=O)OC(=O)CCCI. The molecule has 0 heterocycles. The molecule has 0 saturated heterocycles. The summed E-state index contributed by atoms with van der Waals surface area (Å²) in [5, 5.41) is 0. The predicted octanol–water partition coefficient (Wildman–Crippen LogP) is 2.07. The molecule has 0 N–H and O–H groups in total. The summed E-state index contributed by atoms with van der Waals surface area (Å²) in [5.74, 6) is -0.805. The van der Waals surface area contributed by atoms with Crippen LogP contribution in [0.2, 0.25) is 0 Å². The van der Waals surface area contributed by atoms with E-state index < -0.39 is 11.9 Å². The Morgan fingerprint density at radius 1 is 1.25 bits per heavy atom. The van der Waals surface area contributed by atoms with Crippen molar-refractivity contribution in [2.24, 2.45) is 0 Å². The molecular formula is C8H13IO3. The Morgan fingerprint density at radius 3 is 2.33 bits per heavy atom. The molecule has 0 aromatic rings. The van der Waals surface area contributed by atoms with Crippen LogP contribution in [-0.4, -0.2) is 16.4 Å². The zero-order chi connectivity index (χ0) is 9.40. The molecule has 70 valence electrons. The van der Waals surface area contributed by atoms with E-state index in [1.165, 1.54) is 0 Å². The monoisotopic (exact) mass is 284 g/mol. The van der Waals surface area contributed by atoms with Crippen LogP contribution in [0.15, 0.2) is 0 Å². The molecule has 0 atom stereocenters. The van der Waals surface area contributed by atoms with Gasteiger partial charge in [-0.15, -0.1) is 0 Å². The number of hydrogen-bond acceptors (Lipinski definition) is 3. The van der Waals surface area contributed by atoms with Crippen molar-refractivity contribution in [3.63, 3.8) is 0 Å². The molecule has 0 unspecified atom stereocenters. The van der Waals surface area contributed by atoms with Crippen molar-refractivity contribution < 1.29 is 14.3 Å². The second kappa shape index (κ2) is 7.52. The molecule has 0 aromatic heterocycles. The van der Waals surface area contributed by atoms with Crippen molar-refractivity contribution in [2.45, 2.75) is 32.6 Å². The average Bonchev–Trinajstić information content (AvgIpc) is 2.01. The van der Waals surface area contributed by atoms with E-state index in [-0.39, 0.29) is 0 Å². The van der Waals surface area contributed by atoms with E-state index in [0.717, 1.165) is 17.3 Å². The van der Waals surface area contributed by atoms with Crippen molar-refractivity contribution >= 4 is 34.5 Å². The van der Waals surface area contributed by atoms with E-state index in [0.29, 0.717) is 12.8 Å². The molecule has 0 radical (unpaired) electrons. The fourth-order valence-electron chi connectivity index (χ4n) is 0.644. The summed E-state index contributed by atoms with van der Waals surface area (Å²) in [6.07, 6.45) is 2.17. The highest BCUT2D eigenvalue weighted by molar-refractivity contribution is 14.1. The molecule has 0 saturated carbocycles. The highest BCUT2D eigenvalue weighted by Crippen LogP contribution is 1.99. The van der Waals surface area contributed by atoms with E-state index >= 15 is 0 Å². The van der Waals surface area contributed by atoms with Crippen LogP contribution in [0.1, 0.15) is 32.6 Å². The van der Waals surface area contributed by atoms with Gasteiger partial charge in [-0.05, 0) is 12.8 Å². The van der Waals surface area contributed by atoms with Gasteiger partial charge in [0.1, 0.15) is 0 Å². The van der Waals surface area contributed by atoms with E-state index in [1.807, 2.05) is 6.92 Å². The van der Waals surface area contributed by atoms with Crippen LogP contribution in [0.25, 0.3) is 0 Å². The van der Waals surface area contributed by atoms with Crippen LogP contribution >= 0.6 is 22.6 Å². The number of carbonyl (C=O) groups excluding carboxylic acids is 2. The van der Waals surface area contributed by atoms with E-state index in [9.17, 15) is 9.59 Å². The highest BCUT2D eigenvalue weighted by Gasteiger charge is 2.07. The van der Waals surface area contributed by atoms with Crippen molar-refractivity contribution in [2.75, 3.05) is 4.43 Å². The summed E-state index contributed by atoms with van der Waals surface area (Å²) >= 11 is 2.18. The molecule has 3 nitrogen and oxygen atoms in total. The lowest BCUT2D eigenvalue weighted by atomic mass is 10.3. The Kier molecular flexibility index (Phi) is 7.43. The zero-order valence-corrected chi connectivity index (χ0v) is 9.30. The Hall–Kier alpha value is -0.130. The van der Waals surface area contributed by atoms with Gasteiger partial charge in [-0.1, -0.05) is 29.5 Å². The minimum Gasteiger partial charge on any atom is -0.393 e. The number of halogens is 1. The zero-order valence-electron chi connectivity index (χ0n) is 7.14. The number of hydrogen-bond donors (Lipinski definition) is 0. The lowest BCUT2D eigenvalue weighted by Crippen LogP contribution is -2.11. The maximum Gasteiger partial charge on any atom is 0.313 e. The van der Waals surface area contributed by atoms with Crippen LogP contribution in [0.3, 0.4) is 0 Å². The summed E-state index contributed by atoms with van der Waals surface area (Å²) in [7, 11) is 0. The smallest absolute Gasteiger partial charge is 0.313 e. The molecule has 4 heteroatoms. The third-order valence-corrected chi connectivity index (χ3v) is 1.96. The molecule has 12 heavy (non-hydrogen) atoms. The number of ether oxygens (including phenoxy) is 1. The normalized spacial score (nSPS) is 9.50. The highest BCUT2D eigenvalue weighted by atomic mass is 127. The van der Waals surface area contributed by atoms with Crippen molar-refractivity contribution in [1.82, 2.24) is 0 Å². The van der Waals surface area contributed by atoms with E-state index in [1.54, 1.807) is 0 Å². The minimum atomic E-state index is -0.407. The standard InChI is InChI=1S/C8H13IO3/c1-2-4-7(10)12-8(11)5-3-6-9/h2-6H2,1H3. The first-order valence-electron chi connectivity index (χ1n) is 4.00. The third kappa shape index (κ3) is 6.57. The van der Waals surface area contributed by atoms with E-state index in [4.69, 9.17) is 0 Å². The van der Waals surface area contributed by atoms with Gasteiger partial charge >= 0.3 is 11.9 Å². The molecule has 0 aliphatic carbocycles. The molecule has 0 fully saturated rings. The van der Waals surface area contributed by atoms with Crippen molar-refractivity contribution in [3.8, 4) is 0 Å². The van der Waals surface area contributed by atoms with Crippen LogP contribution in [-0.2, 0) is 14.3 Å². The first-order valence-corrected chi connectivity index (χ1v) is 5.52. The maximum atomic E-state index is 10.8. The molecule has 0 rings (SSSR count). The molecule has 0 aliphatic heterocycles. The van der Waals surface area contributed by atoms with Crippen molar-refractivity contribution in [1.29, 1.82) is 0 Å². The Labute approximate surface area is 86.0 Å². The molecule has 0 amide bonds. The average molecular weight is 284 g/mol. The predicted molar refractivity (Wildman–Crippen MR) is 54.1 cm³/mol. The lowest BCUT2D eigenvalue weighted by Gasteiger charge is -1.99. The molecular weight excluding hydrogens is 271 g/mol. The summed E-state index contributed by atoms with van der Waals surface area (Å²) in [4.78, 5) is 21.6. The van der Waals surface area contributed by atoms with Crippen LogP contribution < -0.4 is 0 Å². The summed E-state index contributed by atoms with van der Waals surface area (Å²) in [6, 6.07) is 0. The quantitative estimate of drug-likeness (QED) is 0.336. The minimum absolute atomic E-state index is 0.329. The summed E-state index contributed by atoms with van der Waals surface area (Å²) in [6.45, 7) is 1.87.